The summed E-state index contributed by atoms with van der Waals surface area (Å²) in [5, 5.41) is 3.16. The Morgan fingerprint density at radius 3 is 2.87 bits per heavy atom. The molecule has 0 radical (unpaired) electrons. The predicted octanol–water partition coefficient (Wildman–Crippen LogP) is 3.37. The van der Waals surface area contributed by atoms with Gasteiger partial charge in [-0.1, -0.05) is 40.4 Å². The van der Waals surface area contributed by atoms with Gasteiger partial charge in [-0.3, -0.25) is 9.69 Å². The van der Waals surface area contributed by atoms with Gasteiger partial charge in [-0.25, -0.2) is 0 Å². The SMILES string of the molecule is C#CCN1CCCCC1C(=O)NC(C)CCc1ccc(Br)cc1. The molecule has 0 spiro atoms. The Morgan fingerprint density at radius 2 is 2.17 bits per heavy atom. The van der Waals surface area contributed by atoms with Crippen molar-refractivity contribution in [3.05, 3.63) is 34.3 Å². The second-order valence-corrected chi connectivity index (χ2v) is 7.18. The lowest BCUT2D eigenvalue weighted by Gasteiger charge is -2.33. The summed E-state index contributed by atoms with van der Waals surface area (Å²) in [6.45, 7) is 3.56. The third-order valence-electron chi connectivity index (χ3n) is 4.38. The number of halogens is 1. The number of rotatable bonds is 6. The van der Waals surface area contributed by atoms with Gasteiger partial charge in [0.2, 0.25) is 5.91 Å². The summed E-state index contributed by atoms with van der Waals surface area (Å²) in [6, 6.07) is 8.45. The standard InChI is InChI=1S/C19H25BrN2O/c1-3-13-22-14-5-4-6-18(22)19(23)21-15(2)7-8-16-9-11-17(20)12-10-16/h1,9-12,15,18H,4-8,13-14H2,2H3,(H,21,23). The van der Waals surface area contributed by atoms with Crippen LogP contribution >= 0.6 is 15.9 Å². The Labute approximate surface area is 148 Å². The van der Waals surface area contributed by atoms with Crippen LogP contribution in [0, 0.1) is 12.3 Å². The molecule has 1 N–H and O–H groups in total. The Morgan fingerprint density at radius 1 is 1.43 bits per heavy atom. The molecule has 1 aromatic carbocycles. The molecule has 4 heteroatoms. The van der Waals surface area contributed by atoms with E-state index in [0.29, 0.717) is 6.54 Å². The number of likely N-dealkylation sites (tertiary alicyclic amines) is 1. The Hall–Kier alpha value is -1.31. The number of hydrogen-bond donors (Lipinski definition) is 1. The number of hydrogen-bond acceptors (Lipinski definition) is 2. The highest BCUT2D eigenvalue weighted by Gasteiger charge is 2.28. The first-order valence-electron chi connectivity index (χ1n) is 8.32. The molecule has 1 aliphatic heterocycles. The Balaban J connectivity index is 1.81. The minimum absolute atomic E-state index is 0.0602. The summed E-state index contributed by atoms with van der Waals surface area (Å²) in [4.78, 5) is 14.6. The monoisotopic (exact) mass is 376 g/mol. The summed E-state index contributed by atoms with van der Waals surface area (Å²) in [7, 11) is 0. The number of carbonyl (C=O) groups excluding carboxylic acids is 1. The van der Waals surface area contributed by atoms with Gasteiger partial charge in [-0.2, -0.15) is 0 Å². The number of nitrogens with one attached hydrogen (secondary N) is 1. The molecule has 1 aromatic rings. The van der Waals surface area contributed by atoms with Crippen molar-refractivity contribution in [2.45, 2.75) is 51.1 Å². The van der Waals surface area contributed by atoms with Crippen molar-refractivity contribution in [3.8, 4) is 12.3 Å². The van der Waals surface area contributed by atoms with Gasteiger partial charge < -0.3 is 5.32 Å². The lowest BCUT2D eigenvalue weighted by molar-refractivity contribution is -0.128. The van der Waals surface area contributed by atoms with Crippen molar-refractivity contribution < 1.29 is 4.79 Å². The van der Waals surface area contributed by atoms with Crippen molar-refractivity contribution in [2.75, 3.05) is 13.1 Å². The van der Waals surface area contributed by atoms with Gasteiger partial charge >= 0.3 is 0 Å². The highest BCUT2D eigenvalue weighted by Crippen LogP contribution is 2.17. The summed E-state index contributed by atoms with van der Waals surface area (Å²) in [5.41, 5.74) is 1.29. The molecule has 2 unspecified atom stereocenters. The number of piperidine rings is 1. The zero-order valence-electron chi connectivity index (χ0n) is 13.7. The normalized spacial score (nSPS) is 19.8. The van der Waals surface area contributed by atoms with Crippen LogP contribution in [0.3, 0.4) is 0 Å². The quantitative estimate of drug-likeness (QED) is 0.771. The molecule has 1 amide bonds. The molecule has 1 heterocycles. The molecular formula is C19H25BrN2O. The van der Waals surface area contributed by atoms with Crippen LogP contribution in [0.2, 0.25) is 0 Å². The average molecular weight is 377 g/mol. The largest absolute Gasteiger partial charge is 0.352 e. The van der Waals surface area contributed by atoms with E-state index < -0.39 is 0 Å². The highest BCUT2D eigenvalue weighted by molar-refractivity contribution is 9.10. The van der Waals surface area contributed by atoms with Crippen LogP contribution < -0.4 is 5.32 Å². The molecule has 1 aliphatic rings. The second-order valence-electron chi connectivity index (χ2n) is 6.26. The molecule has 3 nitrogen and oxygen atoms in total. The van der Waals surface area contributed by atoms with E-state index in [1.54, 1.807) is 0 Å². The molecule has 124 valence electrons. The number of carbonyl (C=O) groups is 1. The Kier molecular flexibility index (Phi) is 7.14. The number of benzene rings is 1. The first-order chi connectivity index (χ1) is 11.1. The lowest BCUT2D eigenvalue weighted by Crippen LogP contribution is -2.51. The molecule has 0 bridgehead atoms. The molecule has 0 aromatic heterocycles. The molecule has 2 rings (SSSR count). The van der Waals surface area contributed by atoms with Gasteiger partial charge in [0.15, 0.2) is 0 Å². The molecule has 1 fully saturated rings. The van der Waals surface area contributed by atoms with E-state index in [1.807, 2.05) is 0 Å². The van der Waals surface area contributed by atoms with Crippen molar-refractivity contribution in [3.63, 3.8) is 0 Å². The maximum atomic E-state index is 12.5. The summed E-state index contributed by atoms with van der Waals surface area (Å²) in [5.74, 6) is 2.80. The Bertz CT molecular complexity index is 549. The van der Waals surface area contributed by atoms with Crippen LogP contribution in [0.15, 0.2) is 28.7 Å². The van der Waals surface area contributed by atoms with Crippen LogP contribution in [-0.2, 0) is 11.2 Å². The fourth-order valence-electron chi connectivity index (χ4n) is 3.04. The lowest BCUT2D eigenvalue weighted by atomic mass is 10.0. The maximum Gasteiger partial charge on any atom is 0.237 e. The predicted molar refractivity (Wildman–Crippen MR) is 98.1 cm³/mol. The molecule has 1 saturated heterocycles. The maximum absolute atomic E-state index is 12.5. The topological polar surface area (TPSA) is 32.3 Å². The van der Waals surface area contributed by atoms with E-state index in [1.165, 1.54) is 5.56 Å². The van der Waals surface area contributed by atoms with Crippen molar-refractivity contribution in [1.82, 2.24) is 10.2 Å². The van der Waals surface area contributed by atoms with Crippen LogP contribution in [0.25, 0.3) is 0 Å². The first-order valence-corrected chi connectivity index (χ1v) is 9.12. The molecular weight excluding hydrogens is 352 g/mol. The van der Waals surface area contributed by atoms with E-state index in [9.17, 15) is 4.79 Å². The van der Waals surface area contributed by atoms with Gasteiger partial charge in [0, 0.05) is 10.5 Å². The van der Waals surface area contributed by atoms with Gasteiger partial charge in [0.05, 0.1) is 12.6 Å². The van der Waals surface area contributed by atoms with Gasteiger partial charge in [-0.15, -0.1) is 6.42 Å². The molecule has 2 atom stereocenters. The first kappa shape index (κ1) is 18.0. The fraction of sp³-hybridized carbons (Fsp3) is 0.526. The van der Waals surface area contributed by atoms with Gasteiger partial charge in [-0.05, 0) is 56.8 Å². The summed E-state index contributed by atoms with van der Waals surface area (Å²) < 4.78 is 1.09. The minimum atomic E-state index is -0.0602. The summed E-state index contributed by atoms with van der Waals surface area (Å²) in [6.07, 6.45) is 10.5. The van der Waals surface area contributed by atoms with Crippen molar-refractivity contribution in [1.29, 1.82) is 0 Å². The fourth-order valence-corrected chi connectivity index (χ4v) is 3.30. The number of amides is 1. The van der Waals surface area contributed by atoms with E-state index >= 15 is 0 Å². The highest BCUT2D eigenvalue weighted by atomic mass is 79.9. The third kappa shape index (κ3) is 5.67. The number of terminal acetylenes is 1. The van der Waals surface area contributed by atoms with Gasteiger partial charge in [0.25, 0.3) is 0 Å². The smallest absolute Gasteiger partial charge is 0.237 e. The van der Waals surface area contributed by atoms with E-state index in [4.69, 9.17) is 6.42 Å². The number of nitrogens with zero attached hydrogens (tertiary/aromatic N) is 1. The van der Waals surface area contributed by atoms with Crippen molar-refractivity contribution >= 4 is 21.8 Å². The van der Waals surface area contributed by atoms with Gasteiger partial charge in [0.1, 0.15) is 0 Å². The zero-order chi connectivity index (χ0) is 16.7. The molecule has 23 heavy (non-hydrogen) atoms. The average Bonchev–Trinajstić information content (AvgIpc) is 2.55. The van der Waals surface area contributed by atoms with Crippen LogP contribution in [0.5, 0.6) is 0 Å². The van der Waals surface area contributed by atoms with Crippen LogP contribution in [0.4, 0.5) is 0 Å². The van der Waals surface area contributed by atoms with E-state index in [-0.39, 0.29) is 18.0 Å². The molecule has 0 saturated carbocycles. The number of aryl methyl sites for hydroxylation is 1. The van der Waals surface area contributed by atoms with E-state index in [0.717, 1.165) is 43.1 Å². The zero-order valence-corrected chi connectivity index (χ0v) is 15.3. The van der Waals surface area contributed by atoms with Crippen LogP contribution in [-0.4, -0.2) is 36.0 Å². The van der Waals surface area contributed by atoms with E-state index in [2.05, 4.69) is 63.3 Å². The molecule has 0 aliphatic carbocycles. The third-order valence-corrected chi connectivity index (χ3v) is 4.91. The summed E-state index contributed by atoms with van der Waals surface area (Å²) >= 11 is 3.44. The minimum Gasteiger partial charge on any atom is -0.352 e. The van der Waals surface area contributed by atoms with Crippen molar-refractivity contribution in [2.24, 2.45) is 0 Å². The second kappa shape index (κ2) is 9.10. The van der Waals surface area contributed by atoms with Crippen LogP contribution in [0.1, 0.15) is 38.2 Å².